The molecule has 0 aliphatic carbocycles. The molecule has 4 aromatic carbocycles. The third kappa shape index (κ3) is 7.37. The Bertz CT molecular complexity index is 1690. The standard InChI is InChI=1S/C33H31N5O5S/c1-40-28-18-25(19-29(41-2)31(28)42-3)32-36-37-33(38(32)26-12-8-5-9-13-26)44-22-30(39)35-34-20-23-14-16-27(17-15-23)43-21-24-10-6-4-7-11-24/h4-20H,21-22H2,1-3H3,(H,35,39)/b34-20-. The van der Waals surface area contributed by atoms with E-state index in [1.807, 2.05) is 102 Å². The molecule has 0 spiro atoms. The lowest BCUT2D eigenvalue weighted by Gasteiger charge is -2.15. The van der Waals surface area contributed by atoms with Crippen LogP contribution in [0.3, 0.4) is 0 Å². The minimum Gasteiger partial charge on any atom is -0.493 e. The van der Waals surface area contributed by atoms with Crippen molar-refractivity contribution < 1.29 is 23.7 Å². The van der Waals surface area contributed by atoms with E-state index >= 15 is 0 Å². The van der Waals surface area contributed by atoms with Crippen molar-refractivity contribution in [3.8, 4) is 40.1 Å². The van der Waals surface area contributed by atoms with Gasteiger partial charge in [0.15, 0.2) is 22.5 Å². The van der Waals surface area contributed by atoms with E-state index in [9.17, 15) is 4.79 Å². The number of ether oxygens (including phenoxy) is 4. The number of amides is 1. The molecule has 224 valence electrons. The lowest BCUT2D eigenvalue weighted by Crippen LogP contribution is -2.20. The van der Waals surface area contributed by atoms with Crippen molar-refractivity contribution in [1.29, 1.82) is 0 Å². The molecule has 44 heavy (non-hydrogen) atoms. The first kappa shape index (κ1) is 30.2. The Morgan fingerprint density at radius 2 is 1.52 bits per heavy atom. The van der Waals surface area contributed by atoms with Crippen LogP contribution in [0.15, 0.2) is 107 Å². The summed E-state index contributed by atoms with van der Waals surface area (Å²) in [5.74, 6) is 2.54. The van der Waals surface area contributed by atoms with Crippen LogP contribution in [0.4, 0.5) is 0 Å². The second-order valence-electron chi connectivity index (χ2n) is 9.32. The van der Waals surface area contributed by atoms with Crippen LogP contribution in [0.1, 0.15) is 11.1 Å². The lowest BCUT2D eigenvalue weighted by molar-refractivity contribution is -0.118. The fourth-order valence-electron chi connectivity index (χ4n) is 4.30. The third-order valence-electron chi connectivity index (χ3n) is 6.43. The third-order valence-corrected chi connectivity index (χ3v) is 7.36. The van der Waals surface area contributed by atoms with Gasteiger partial charge in [-0.2, -0.15) is 5.10 Å². The molecule has 0 fully saturated rings. The van der Waals surface area contributed by atoms with Crippen molar-refractivity contribution in [3.63, 3.8) is 0 Å². The fourth-order valence-corrected chi connectivity index (χ4v) is 5.05. The molecule has 0 saturated carbocycles. The highest BCUT2D eigenvalue weighted by molar-refractivity contribution is 7.99. The Morgan fingerprint density at radius 1 is 0.864 bits per heavy atom. The van der Waals surface area contributed by atoms with E-state index in [1.165, 1.54) is 11.8 Å². The maximum absolute atomic E-state index is 12.7. The fraction of sp³-hybridized carbons (Fsp3) is 0.152. The van der Waals surface area contributed by atoms with Gasteiger partial charge in [0.05, 0.1) is 33.3 Å². The van der Waals surface area contributed by atoms with Gasteiger partial charge in [-0.15, -0.1) is 10.2 Å². The highest BCUT2D eigenvalue weighted by atomic mass is 32.2. The lowest BCUT2D eigenvalue weighted by atomic mass is 10.1. The molecule has 10 nitrogen and oxygen atoms in total. The van der Waals surface area contributed by atoms with Crippen molar-refractivity contribution in [3.05, 3.63) is 108 Å². The molecule has 1 heterocycles. The highest BCUT2D eigenvalue weighted by Gasteiger charge is 2.21. The number of rotatable bonds is 13. The second-order valence-corrected chi connectivity index (χ2v) is 10.3. The number of carbonyl (C=O) groups excluding carboxylic acids is 1. The number of hydrazone groups is 1. The minimum atomic E-state index is -0.286. The SMILES string of the molecule is COc1cc(-c2nnc(SCC(=O)N/N=C\c3ccc(OCc4ccccc4)cc3)n2-c2ccccc2)cc(OC)c1OC. The molecular weight excluding hydrogens is 578 g/mol. The first-order valence-corrected chi connectivity index (χ1v) is 14.6. The van der Waals surface area contributed by atoms with E-state index in [1.54, 1.807) is 27.5 Å². The number of nitrogens with one attached hydrogen (secondary N) is 1. The summed E-state index contributed by atoms with van der Waals surface area (Å²) in [6.45, 7) is 0.490. The molecular formula is C33H31N5O5S. The Morgan fingerprint density at radius 3 is 2.16 bits per heavy atom. The Kier molecular flexibility index (Phi) is 10.1. The van der Waals surface area contributed by atoms with E-state index in [0.29, 0.717) is 40.4 Å². The van der Waals surface area contributed by atoms with Crippen LogP contribution in [0.25, 0.3) is 17.1 Å². The molecule has 1 amide bonds. The van der Waals surface area contributed by atoms with Crippen LogP contribution < -0.4 is 24.4 Å². The number of benzene rings is 4. The van der Waals surface area contributed by atoms with E-state index in [0.717, 1.165) is 22.6 Å². The van der Waals surface area contributed by atoms with Crippen molar-refractivity contribution in [1.82, 2.24) is 20.2 Å². The summed E-state index contributed by atoms with van der Waals surface area (Å²) < 4.78 is 24.2. The summed E-state index contributed by atoms with van der Waals surface area (Å²) in [5.41, 5.74) is 6.03. The maximum Gasteiger partial charge on any atom is 0.250 e. The molecule has 5 rings (SSSR count). The quantitative estimate of drug-likeness (QED) is 0.102. The number of carbonyl (C=O) groups is 1. The molecule has 1 aromatic heterocycles. The first-order chi connectivity index (χ1) is 21.6. The van der Waals surface area contributed by atoms with Gasteiger partial charge in [-0.1, -0.05) is 60.3 Å². The number of methoxy groups -OCH3 is 3. The summed E-state index contributed by atoms with van der Waals surface area (Å²) >= 11 is 1.24. The second kappa shape index (κ2) is 14.7. The smallest absolute Gasteiger partial charge is 0.250 e. The normalized spacial score (nSPS) is 10.9. The summed E-state index contributed by atoms with van der Waals surface area (Å²) in [4.78, 5) is 12.7. The molecule has 0 aliphatic rings. The van der Waals surface area contributed by atoms with Crippen LogP contribution in [0, 0.1) is 0 Å². The van der Waals surface area contributed by atoms with Gasteiger partial charge in [0.25, 0.3) is 5.91 Å². The molecule has 5 aromatic rings. The Labute approximate surface area is 259 Å². The van der Waals surface area contributed by atoms with E-state index in [4.69, 9.17) is 18.9 Å². The van der Waals surface area contributed by atoms with Crippen LogP contribution in [0.5, 0.6) is 23.0 Å². The zero-order valence-corrected chi connectivity index (χ0v) is 25.3. The molecule has 11 heteroatoms. The van der Waals surface area contributed by atoms with Crippen molar-refractivity contribution >= 4 is 23.9 Å². The topological polar surface area (TPSA) is 109 Å². The Balaban J connectivity index is 1.25. The highest BCUT2D eigenvalue weighted by Crippen LogP contribution is 2.41. The molecule has 0 bridgehead atoms. The Hall–Kier alpha value is -5.29. The number of hydrogen-bond donors (Lipinski definition) is 1. The number of aromatic nitrogens is 3. The molecule has 0 saturated heterocycles. The largest absolute Gasteiger partial charge is 0.493 e. The van der Waals surface area contributed by atoms with Gasteiger partial charge in [-0.05, 0) is 59.7 Å². The van der Waals surface area contributed by atoms with Crippen molar-refractivity contribution in [2.75, 3.05) is 27.1 Å². The summed E-state index contributed by atoms with van der Waals surface area (Å²) in [6.07, 6.45) is 1.58. The van der Waals surface area contributed by atoms with Crippen LogP contribution in [-0.4, -0.2) is 54.0 Å². The van der Waals surface area contributed by atoms with Crippen LogP contribution >= 0.6 is 11.8 Å². The van der Waals surface area contributed by atoms with Crippen molar-refractivity contribution in [2.24, 2.45) is 5.10 Å². The molecule has 0 atom stereocenters. The number of thioether (sulfide) groups is 1. The number of para-hydroxylation sites is 1. The monoisotopic (exact) mass is 609 g/mol. The van der Waals surface area contributed by atoms with E-state index < -0.39 is 0 Å². The predicted molar refractivity (Wildman–Crippen MR) is 170 cm³/mol. The summed E-state index contributed by atoms with van der Waals surface area (Å²) in [5, 5.41) is 13.5. The van der Waals surface area contributed by atoms with Crippen molar-refractivity contribution in [2.45, 2.75) is 11.8 Å². The van der Waals surface area contributed by atoms with E-state index in [-0.39, 0.29) is 11.7 Å². The van der Waals surface area contributed by atoms with Gasteiger partial charge in [0.2, 0.25) is 5.75 Å². The van der Waals surface area contributed by atoms with Crippen LogP contribution in [0.2, 0.25) is 0 Å². The predicted octanol–water partition coefficient (Wildman–Crippen LogP) is 5.78. The van der Waals surface area contributed by atoms with Gasteiger partial charge in [0, 0.05) is 11.3 Å². The van der Waals surface area contributed by atoms with Gasteiger partial charge < -0.3 is 18.9 Å². The van der Waals surface area contributed by atoms with Gasteiger partial charge in [-0.3, -0.25) is 9.36 Å². The molecule has 0 unspecified atom stereocenters. The zero-order chi connectivity index (χ0) is 30.7. The zero-order valence-electron chi connectivity index (χ0n) is 24.5. The summed E-state index contributed by atoms with van der Waals surface area (Å²) in [7, 11) is 4.67. The molecule has 0 aliphatic heterocycles. The first-order valence-electron chi connectivity index (χ1n) is 13.6. The summed E-state index contributed by atoms with van der Waals surface area (Å²) in [6, 6.07) is 30.7. The number of hydrogen-bond acceptors (Lipinski definition) is 9. The number of nitrogens with zero attached hydrogens (tertiary/aromatic N) is 4. The van der Waals surface area contributed by atoms with Gasteiger partial charge in [0.1, 0.15) is 12.4 Å². The average Bonchev–Trinajstić information content (AvgIpc) is 3.51. The molecule has 1 N–H and O–H groups in total. The van der Waals surface area contributed by atoms with E-state index in [2.05, 4.69) is 20.7 Å². The minimum absolute atomic E-state index is 0.0732. The van der Waals surface area contributed by atoms with Crippen LogP contribution in [-0.2, 0) is 11.4 Å². The molecule has 0 radical (unpaired) electrons. The van der Waals surface area contributed by atoms with Gasteiger partial charge in [-0.25, -0.2) is 5.43 Å². The van der Waals surface area contributed by atoms with Gasteiger partial charge >= 0.3 is 0 Å². The maximum atomic E-state index is 12.7. The average molecular weight is 610 g/mol.